The van der Waals surface area contributed by atoms with Crippen molar-refractivity contribution in [2.75, 3.05) is 0 Å². The lowest BCUT2D eigenvalue weighted by molar-refractivity contribution is -0.244. The molecular weight excluding hydrogens is 504 g/mol. The Bertz CT molecular complexity index is 1120. The van der Waals surface area contributed by atoms with Gasteiger partial charge in [0.05, 0.1) is 5.41 Å². The molecule has 4 saturated carbocycles. The molecule has 0 aliphatic heterocycles. The molecule has 11 atom stereocenters. The number of aliphatic carboxylic acids is 1. The van der Waals surface area contributed by atoms with Gasteiger partial charge in [0.15, 0.2) is 0 Å². The van der Waals surface area contributed by atoms with Crippen LogP contribution in [0.5, 0.6) is 0 Å². The molecule has 5 aliphatic rings. The monoisotopic (exact) mass is 556 g/mol. The molecule has 6 nitrogen and oxygen atoms in total. The van der Waals surface area contributed by atoms with Crippen molar-refractivity contribution in [3.8, 4) is 0 Å². The third-order valence-electron chi connectivity index (χ3n) is 13.9. The van der Waals surface area contributed by atoms with Crippen LogP contribution in [-0.4, -0.2) is 35.2 Å². The molecule has 224 valence electrons. The summed E-state index contributed by atoms with van der Waals surface area (Å²) in [6.45, 7) is 19.2. The molecule has 0 aromatic carbocycles. The van der Waals surface area contributed by atoms with E-state index in [1.54, 1.807) is 0 Å². The van der Waals surface area contributed by atoms with Crippen molar-refractivity contribution in [2.24, 2.45) is 56.7 Å². The molecule has 0 aromatic rings. The number of allylic oxidation sites excluding steroid dienone is 2. The van der Waals surface area contributed by atoms with Gasteiger partial charge in [0, 0.05) is 19.3 Å². The number of esters is 2. The zero-order valence-corrected chi connectivity index (χ0v) is 26.3. The van der Waals surface area contributed by atoms with Crippen molar-refractivity contribution in [3.05, 3.63) is 11.6 Å². The maximum atomic E-state index is 12.9. The minimum absolute atomic E-state index is 0.00146. The van der Waals surface area contributed by atoms with Crippen LogP contribution in [0.15, 0.2) is 11.6 Å². The molecule has 1 N–H and O–H groups in total. The smallest absolute Gasteiger partial charge is 0.310 e. The fourth-order valence-electron chi connectivity index (χ4n) is 11.7. The van der Waals surface area contributed by atoms with Crippen LogP contribution >= 0.6 is 0 Å². The minimum Gasteiger partial charge on any atom is -0.481 e. The molecule has 0 bridgehead atoms. The van der Waals surface area contributed by atoms with E-state index in [-0.39, 0.29) is 39.5 Å². The van der Waals surface area contributed by atoms with Gasteiger partial charge in [-0.1, -0.05) is 60.1 Å². The third-order valence-corrected chi connectivity index (χ3v) is 13.9. The van der Waals surface area contributed by atoms with Gasteiger partial charge in [-0.15, -0.1) is 0 Å². The zero-order chi connectivity index (χ0) is 29.6. The maximum absolute atomic E-state index is 12.9. The zero-order valence-electron chi connectivity index (χ0n) is 26.3. The van der Waals surface area contributed by atoms with E-state index in [0.717, 1.165) is 44.9 Å². The van der Waals surface area contributed by atoms with Crippen LogP contribution < -0.4 is 0 Å². The lowest BCUT2D eigenvalue weighted by Gasteiger charge is -2.71. The van der Waals surface area contributed by atoms with E-state index in [0.29, 0.717) is 30.1 Å². The normalized spacial score (nSPS) is 49.2. The molecule has 6 heteroatoms. The molecule has 0 amide bonds. The fraction of sp³-hybridized carbons (Fsp3) is 0.853. The Hall–Kier alpha value is -1.85. The van der Waals surface area contributed by atoms with Gasteiger partial charge in [0.1, 0.15) is 12.2 Å². The van der Waals surface area contributed by atoms with Gasteiger partial charge < -0.3 is 14.6 Å². The van der Waals surface area contributed by atoms with Gasteiger partial charge in [0.25, 0.3) is 0 Å². The summed E-state index contributed by atoms with van der Waals surface area (Å²) >= 11 is 0. The third kappa shape index (κ3) is 3.82. The second-order valence-electron chi connectivity index (χ2n) is 15.8. The standard InChI is InChI=1S/C34H52O6/c1-19-12-15-34(29(37)38)17-16-32(8)23(27(34)20(19)2)10-11-26-31(7)18-24(39-21(3)35)28(40-22(4)36)30(5,6)25(31)13-14-33(26,32)9/h10,19-20,24-28H,11-18H2,1-9H3,(H,37,38)/t19-,20+,24+,25+,26-,27+,28+,31+,32-,33-,34+/m1/s1. The van der Waals surface area contributed by atoms with E-state index >= 15 is 0 Å². The first-order valence-electron chi connectivity index (χ1n) is 15.7. The molecule has 0 aromatic heterocycles. The number of carboxylic acid groups (broad SMARTS) is 1. The quantitative estimate of drug-likeness (QED) is 0.292. The Morgan fingerprint density at radius 2 is 1.52 bits per heavy atom. The van der Waals surface area contributed by atoms with Crippen LogP contribution in [-0.2, 0) is 23.9 Å². The molecule has 4 fully saturated rings. The van der Waals surface area contributed by atoms with Crippen molar-refractivity contribution in [1.29, 1.82) is 0 Å². The largest absolute Gasteiger partial charge is 0.481 e. The Morgan fingerprint density at radius 1 is 0.875 bits per heavy atom. The van der Waals surface area contributed by atoms with Crippen LogP contribution in [0, 0.1) is 56.7 Å². The first kappa shape index (κ1) is 29.6. The van der Waals surface area contributed by atoms with Gasteiger partial charge in [-0.3, -0.25) is 14.4 Å². The summed E-state index contributed by atoms with van der Waals surface area (Å²) in [7, 11) is 0. The lowest BCUT2D eigenvalue weighted by Crippen LogP contribution is -2.68. The molecule has 40 heavy (non-hydrogen) atoms. The highest BCUT2D eigenvalue weighted by atomic mass is 16.6. The van der Waals surface area contributed by atoms with Crippen molar-refractivity contribution < 1.29 is 29.0 Å². The highest BCUT2D eigenvalue weighted by Gasteiger charge is 2.71. The van der Waals surface area contributed by atoms with E-state index in [1.165, 1.54) is 19.4 Å². The predicted molar refractivity (Wildman–Crippen MR) is 153 cm³/mol. The van der Waals surface area contributed by atoms with Crippen molar-refractivity contribution in [2.45, 2.75) is 126 Å². The van der Waals surface area contributed by atoms with E-state index in [9.17, 15) is 19.5 Å². The number of hydrogen-bond donors (Lipinski definition) is 1. The number of fused-ring (bicyclic) bond motifs is 7. The number of carbonyl (C=O) groups is 3. The summed E-state index contributed by atoms with van der Waals surface area (Å²) in [5.41, 5.74) is 0.219. The SMILES string of the molecule is CC(=O)O[C@H]1C[C@]2(C)[C@H]3CC=C4[C@@H]5[C@@H](C)[C@H](C)CC[C@]5(C(=O)O)CC[C@@]4(C)[C@]3(C)CC[C@H]2C(C)(C)[C@H]1OC(C)=O. The first-order chi connectivity index (χ1) is 18.5. The van der Waals surface area contributed by atoms with E-state index < -0.39 is 23.6 Å². The van der Waals surface area contributed by atoms with Crippen molar-refractivity contribution >= 4 is 17.9 Å². The Morgan fingerprint density at radius 3 is 2.12 bits per heavy atom. The Balaban J connectivity index is 1.60. The molecule has 0 spiro atoms. The van der Waals surface area contributed by atoms with E-state index in [1.807, 2.05) is 0 Å². The van der Waals surface area contributed by atoms with Gasteiger partial charge in [-0.05, 0) is 97.2 Å². The van der Waals surface area contributed by atoms with Crippen molar-refractivity contribution in [3.63, 3.8) is 0 Å². The second kappa shape index (κ2) is 9.33. The molecular formula is C34H52O6. The molecule has 0 saturated heterocycles. The average molecular weight is 557 g/mol. The highest BCUT2D eigenvalue weighted by Crippen LogP contribution is 2.76. The lowest BCUT2D eigenvalue weighted by atomic mass is 9.33. The fourth-order valence-corrected chi connectivity index (χ4v) is 11.7. The molecule has 5 rings (SSSR count). The topological polar surface area (TPSA) is 89.9 Å². The molecule has 5 aliphatic carbocycles. The second-order valence-corrected chi connectivity index (χ2v) is 15.8. The highest BCUT2D eigenvalue weighted by molar-refractivity contribution is 5.76. The predicted octanol–water partition coefficient (Wildman–Crippen LogP) is 7.20. The first-order valence-corrected chi connectivity index (χ1v) is 15.7. The average Bonchev–Trinajstić information content (AvgIpc) is 2.83. The molecule has 0 unspecified atom stereocenters. The number of carbonyl (C=O) groups excluding carboxylic acids is 2. The summed E-state index contributed by atoms with van der Waals surface area (Å²) < 4.78 is 11.8. The molecule has 0 heterocycles. The van der Waals surface area contributed by atoms with Gasteiger partial charge in [-0.2, -0.15) is 0 Å². The summed E-state index contributed by atoms with van der Waals surface area (Å²) in [6, 6.07) is 0. The summed E-state index contributed by atoms with van der Waals surface area (Å²) in [5, 5.41) is 10.6. The van der Waals surface area contributed by atoms with E-state index in [4.69, 9.17) is 9.47 Å². The maximum Gasteiger partial charge on any atom is 0.310 e. The summed E-state index contributed by atoms with van der Waals surface area (Å²) in [4.78, 5) is 37.4. The van der Waals surface area contributed by atoms with Crippen LogP contribution in [0.25, 0.3) is 0 Å². The van der Waals surface area contributed by atoms with Crippen molar-refractivity contribution in [1.82, 2.24) is 0 Å². The molecule has 0 radical (unpaired) electrons. The van der Waals surface area contributed by atoms with Crippen LogP contribution in [0.3, 0.4) is 0 Å². The number of rotatable bonds is 3. The van der Waals surface area contributed by atoms with E-state index in [2.05, 4.69) is 54.5 Å². The van der Waals surface area contributed by atoms with Gasteiger partial charge >= 0.3 is 17.9 Å². The van der Waals surface area contributed by atoms with Crippen LogP contribution in [0.4, 0.5) is 0 Å². The van der Waals surface area contributed by atoms with Crippen LogP contribution in [0.1, 0.15) is 114 Å². The Kier molecular flexibility index (Phi) is 6.91. The van der Waals surface area contributed by atoms with Gasteiger partial charge in [0.2, 0.25) is 0 Å². The van der Waals surface area contributed by atoms with Gasteiger partial charge in [-0.25, -0.2) is 0 Å². The number of hydrogen-bond acceptors (Lipinski definition) is 5. The Labute approximate surface area is 241 Å². The van der Waals surface area contributed by atoms with Crippen LogP contribution in [0.2, 0.25) is 0 Å². The summed E-state index contributed by atoms with van der Waals surface area (Å²) in [6.07, 6.45) is 8.62. The number of carboxylic acids is 1. The minimum atomic E-state index is -0.647. The summed E-state index contributed by atoms with van der Waals surface area (Å²) in [5.74, 6) is 0.333. The number of ether oxygens (including phenoxy) is 2.